The van der Waals surface area contributed by atoms with Crippen molar-refractivity contribution in [2.45, 2.75) is 39.4 Å². The first-order valence-electron chi connectivity index (χ1n) is 7.85. The van der Waals surface area contributed by atoms with Gasteiger partial charge in [0.1, 0.15) is 5.57 Å². The van der Waals surface area contributed by atoms with Crippen LogP contribution in [0.5, 0.6) is 11.5 Å². The van der Waals surface area contributed by atoms with Crippen molar-refractivity contribution in [1.82, 2.24) is 0 Å². The highest BCUT2D eigenvalue weighted by Crippen LogP contribution is 2.30. The molecule has 0 aliphatic carbocycles. The third kappa shape index (κ3) is 4.28. The van der Waals surface area contributed by atoms with Crippen molar-refractivity contribution in [3.05, 3.63) is 29.3 Å². The van der Waals surface area contributed by atoms with Gasteiger partial charge in [-0.2, -0.15) is 0 Å². The van der Waals surface area contributed by atoms with Gasteiger partial charge in [-0.3, -0.25) is 0 Å². The molecule has 0 saturated carbocycles. The van der Waals surface area contributed by atoms with E-state index in [1.54, 1.807) is 18.2 Å². The molecule has 0 aromatic heterocycles. The molecule has 0 N–H and O–H groups in total. The number of ether oxygens (including phenoxy) is 4. The SMILES string of the molecule is CCCCOc1ccc(C=C2C(=O)OC(C)(C)OC2=O)cc1OC. The molecule has 1 aromatic carbocycles. The number of benzene rings is 1. The molecule has 1 fully saturated rings. The van der Waals surface area contributed by atoms with Gasteiger partial charge >= 0.3 is 11.9 Å². The number of cyclic esters (lactones) is 2. The molecule has 6 heteroatoms. The third-order valence-electron chi connectivity index (χ3n) is 3.37. The summed E-state index contributed by atoms with van der Waals surface area (Å²) in [6, 6.07) is 5.16. The maximum absolute atomic E-state index is 12.0. The van der Waals surface area contributed by atoms with Crippen molar-refractivity contribution >= 4 is 18.0 Å². The van der Waals surface area contributed by atoms with Gasteiger partial charge in [0.25, 0.3) is 5.79 Å². The zero-order valence-corrected chi connectivity index (χ0v) is 14.4. The minimum atomic E-state index is -1.25. The zero-order chi connectivity index (χ0) is 17.7. The first kappa shape index (κ1) is 17.8. The van der Waals surface area contributed by atoms with E-state index in [0.29, 0.717) is 23.7 Å². The Morgan fingerprint density at radius 1 is 1.12 bits per heavy atom. The Hall–Kier alpha value is -2.50. The lowest BCUT2D eigenvalue weighted by molar-refractivity contribution is -0.222. The number of carbonyl (C=O) groups excluding carboxylic acids is 2. The van der Waals surface area contributed by atoms with Gasteiger partial charge in [-0.1, -0.05) is 19.4 Å². The van der Waals surface area contributed by atoms with Gasteiger partial charge in [0.2, 0.25) is 0 Å². The van der Waals surface area contributed by atoms with E-state index < -0.39 is 17.7 Å². The predicted octanol–water partition coefficient (Wildman–Crippen LogP) is 3.09. The third-order valence-corrected chi connectivity index (χ3v) is 3.37. The van der Waals surface area contributed by atoms with Crippen LogP contribution in [0.4, 0.5) is 0 Å². The molecule has 0 radical (unpaired) electrons. The highest BCUT2D eigenvalue weighted by Gasteiger charge is 2.38. The van der Waals surface area contributed by atoms with E-state index in [1.165, 1.54) is 27.0 Å². The minimum absolute atomic E-state index is 0.156. The molecular formula is C18H22O6. The Bertz CT molecular complexity index is 637. The second-order valence-electron chi connectivity index (χ2n) is 5.85. The summed E-state index contributed by atoms with van der Waals surface area (Å²) >= 11 is 0. The summed E-state index contributed by atoms with van der Waals surface area (Å²) in [5, 5.41) is 0. The second-order valence-corrected chi connectivity index (χ2v) is 5.85. The summed E-state index contributed by atoms with van der Waals surface area (Å²) < 4.78 is 21.1. The van der Waals surface area contributed by atoms with Crippen LogP contribution in [-0.2, 0) is 19.1 Å². The second kappa shape index (κ2) is 7.38. The first-order valence-corrected chi connectivity index (χ1v) is 7.85. The van der Waals surface area contributed by atoms with Crippen LogP contribution in [-0.4, -0.2) is 31.4 Å². The van der Waals surface area contributed by atoms with E-state index >= 15 is 0 Å². The summed E-state index contributed by atoms with van der Waals surface area (Å²) in [5.41, 5.74) is 0.453. The Morgan fingerprint density at radius 2 is 1.79 bits per heavy atom. The van der Waals surface area contributed by atoms with Crippen molar-refractivity contribution in [1.29, 1.82) is 0 Å². The molecule has 0 atom stereocenters. The molecule has 24 heavy (non-hydrogen) atoms. The number of rotatable bonds is 6. The number of hydrogen-bond donors (Lipinski definition) is 0. The lowest BCUT2D eigenvalue weighted by atomic mass is 10.1. The highest BCUT2D eigenvalue weighted by atomic mass is 16.7. The monoisotopic (exact) mass is 334 g/mol. The van der Waals surface area contributed by atoms with E-state index in [4.69, 9.17) is 18.9 Å². The summed E-state index contributed by atoms with van der Waals surface area (Å²) in [4.78, 5) is 23.9. The van der Waals surface area contributed by atoms with E-state index in [9.17, 15) is 9.59 Å². The number of hydrogen-bond acceptors (Lipinski definition) is 6. The van der Waals surface area contributed by atoms with Gasteiger partial charge in [0.15, 0.2) is 11.5 Å². The molecule has 0 unspecified atom stereocenters. The van der Waals surface area contributed by atoms with E-state index in [1.807, 2.05) is 0 Å². The van der Waals surface area contributed by atoms with Crippen molar-refractivity contribution in [3.8, 4) is 11.5 Å². The van der Waals surface area contributed by atoms with Gasteiger partial charge in [-0.05, 0) is 30.2 Å². The van der Waals surface area contributed by atoms with Crippen molar-refractivity contribution in [3.63, 3.8) is 0 Å². The van der Waals surface area contributed by atoms with Gasteiger partial charge < -0.3 is 18.9 Å². The summed E-state index contributed by atoms with van der Waals surface area (Å²) in [5.74, 6) is -1.53. The molecule has 2 rings (SSSR count). The van der Waals surface area contributed by atoms with Crippen LogP contribution < -0.4 is 9.47 Å². The predicted molar refractivity (Wildman–Crippen MR) is 87.6 cm³/mol. The minimum Gasteiger partial charge on any atom is -0.493 e. The molecule has 0 bridgehead atoms. The van der Waals surface area contributed by atoms with Crippen molar-refractivity contribution in [2.24, 2.45) is 0 Å². The standard InChI is InChI=1S/C18H22O6/c1-5-6-9-22-14-8-7-12(11-15(14)21-4)10-13-16(19)23-18(2,3)24-17(13)20/h7-8,10-11H,5-6,9H2,1-4H3. The van der Waals surface area contributed by atoms with E-state index in [-0.39, 0.29) is 5.57 Å². The molecular weight excluding hydrogens is 312 g/mol. The molecule has 0 spiro atoms. The van der Waals surface area contributed by atoms with Crippen LogP contribution in [0.1, 0.15) is 39.2 Å². The molecule has 1 aliphatic rings. The maximum atomic E-state index is 12.0. The molecule has 1 saturated heterocycles. The average Bonchev–Trinajstić information content (AvgIpc) is 2.51. The lowest BCUT2D eigenvalue weighted by Gasteiger charge is -2.29. The number of esters is 2. The van der Waals surface area contributed by atoms with Crippen LogP contribution in [0.25, 0.3) is 6.08 Å². The van der Waals surface area contributed by atoms with E-state index in [0.717, 1.165) is 12.8 Å². The van der Waals surface area contributed by atoms with Gasteiger partial charge in [0.05, 0.1) is 13.7 Å². The highest BCUT2D eigenvalue weighted by molar-refractivity contribution is 6.18. The molecule has 1 heterocycles. The molecule has 0 amide bonds. The van der Waals surface area contributed by atoms with Crippen molar-refractivity contribution in [2.75, 3.05) is 13.7 Å². The molecule has 1 aliphatic heterocycles. The fraction of sp³-hybridized carbons (Fsp3) is 0.444. The maximum Gasteiger partial charge on any atom is 0.348 e. The topological polar surface area (TPSA) is 71.1 Å². The van der Waals surface area contributed by atoms with Crippen LogP contribution in [0, 0.1) is 0 Å². The van der Waals surface area contributed by atoms with Gasteiger partial charge in [0, 0.05) is 13.8 Å². The van der Waals surface area contributed by atoms with Crippen molar-refractivity contribution < 1.29 is 28.5 Å². The Morgan fingerprint density at radius 3 is 2.38 bits per heavy atom. The molecule has 130 valence electrons. The van der Waals surface area contributed by atoms with E-state index in [2.05, 4.69) is 6.92 Å². The fourth-order valence-electron chi connectivity index (χ4n) is 2.16. The average molecular weight is 334 g/mol. The zero-order valence-electron chi connectivity index (χ0n) is 14.4. The fourth-order valence-corrected chi connectivity index (χ4v) is 2.16. The quantitative estimate of drug-likeness (QED) is 0.344. The smallest absolute Gasteiger partial charge is 0.348 e. The Labute approximate surface area is 141 Å². The lowest BCUT2D eigenvalue weighted by Crippen LogP contribution is -2.41. The summed E-state index contributed by atoms with van der Waals surface area (Å²) in [6.45, 7) is 5.69. The Balaban J connectivity index is 2.23. The van der Waals surface area contributed by atoms with Crippen LogP contribution in [0.2, 0.25) is 0 Å². The van der Waals surface area contributed by atoms with Gasteiger partial charge in [-0.15, -0.1) is 0 Å². The summed E-state index contributed by atoms with van der Waals surface area (Å²) in [6.07, 6.45) is 3.40. The Kier molecular flexibility index (Phi) is 5.49. The number of unbranched alkanes of at least 4 members (excludes halogenated alkanes) is 1. The molecule has 1 aromatic rings. The van der Waals surface area contributed by atoms with Gasteiger partial charge in [-0.25, -0.2) is 9.59 Å². The van der Waals surface area contributed by atoms with Crippen LogP contribution in [0.15, 0.2) is 23.8 Å². The largest absolute Gasteiger partial charge is 0.493 e. The van der Waals surface area contributed by atoms with Crippen LogP contribution >= 0.6 is 0 Å². The summed E-state index contributed by atoms with van der Waals surface area (Å²) in [7, 11) is 1.53. The number of methoxy groups -OCH3 is 1. The first-order chi connectivity index (χ1) is 11.4. The van der Waals surface area contributed by atoms with Crippen LogP contribution in [0.3, 0.4) is 0 Å². The normalized spacial score (nSPS) is 16.2. The number of carbonyl (C=O) groups is 2. The molecule has 6 nitrogen and oxygen atoms in total.